The number of thioether (sulfide) groups is 1. The molecule has 0 radical (unpaired) electrons. The third-order valence-corrected chi connectivity index (χ3v) is 7.18. The predicted molar refractivity (Wildman–Crippen MR) is 154 cm³/mol. The minimum absolute atomic E-state index is 0.0242. The molecular formula is C29H33F2N5O4S. The van der Waals surface area contributed by atoms with Crippen molar-refractivity contribution in [3.63, 3.8) is 0 Å². The number of amides is 2. The van der Waals surface area contributed by atoms with Crippen molar-refractivity contribution in [3.8, 4) is 22.8 Å². The van der Waals surface area contributed by atoms with E-state index in [1.807, 2.05) is 12.1 Å². The van der Waals surface area contributed by atoms with Crippen molar-refractivity contribution < 1.29 is 27.8 Å². The maximum absolute atomic E-state index is 14.8. The van der Waals surface area contributed by atoms with Crippen molar-refractivity contribution in [3.05, 3.63) is 59.8 Å². The van der Waals surface area contributed by atoms with Crippen LogP contribution in [0.15, 0.2) is 42.6 Å². The summed E-state index contributed by atoms with van der Waals surface area (Å²) in [7, 11) is 0. The van der Waals surface area contributed by atoms with Gasteiger partial charge in [0.2, 0.25) is 18.2 Å². The third kappa shape index (κ3) is 9.59. The Labute approximate surface area is 241 Å². The van der Waals surface area contributed by atoms with Crippen LogP contribution in [0.25, 0.3) is 11.1 Å². The maximum atomic E-state index is 14.8. The highest BCUT2D eigenvalue weighted by Crippen LogP contribution is 2.34. The lowest BCUT2D eigenvalue weighted by atomic mass is 10.0. The molecule has 9 nitrogen and oxygen atoms in total. The van der Waals surface area contributed by atoms with Crippen molar-refractivity contribution >= 4 is 35.7 Å². The summed E-state index contributed by atoms with van der Waals surface area (Å²) in [6.07, 6.45) is 5.31. The maximum Gasteiger partial charge on any atom is 0.220 e. The van der Waals surface area contributed by atoms with Gasteiger partial charge in [-0.3, -0.25) is 9.59 Å². The van der Waals surface area contributed by atoms with E-state index in [1.54, 1.807) is 11.8 Å². The normalized spacial score (nSPS) is 12.5. The molecule has 12 heteroatoms. The largest absolute Gasteiger partial charge is 0.493 e. The number of ether oxygens (including phenoxy) is 2. The van der Waals surface area contributed by atoms with Crippen LogP contribution in [0.4, 0.5) is 20.4 Å². The highest BCUT2D eigenvalue weighted by Gasteiger charge is 2.16. The number of carbonyl (C=O) groups is 2. The molecule has 2 amide bonds. The number of halogens is 2. The Morgan fingerprint density at radius 2 is 1.90 bits per heavy atom. The summed E-state index contributed by atoms with van der Waals surface area (Å²) in [6, 6.07) is 9.27. The highest BCUT2D eigenvalue weighted by molar-refractivity contribution is 7.98. The first kappa shape index (κ1) is 30.0. The zero-order valence-corrected chi connectivity index (χ0v) is 23.4. The van der Waals surface area contributed by atoms with Crippen LogP contribution in [0.5, 0.6) is 11.6 Å². The number of hydrogen-bond acceptors (Lipinski definition) is 8. The second-order valence-electron chi connectivity index (χ2n) is 9.35. The first-order valence-electron chi connectivity index (χ1n) is 13.5. The number of aromatic nitrogens is 2. The first-order valence-corrected chi connectivity index (χ1v) is 14.7. The van der Waals surface area contributed by atoms with Gasteiger partial charge >= 0.3 is 0 Å². The monoisotopic (exact) mass is 585 g/mol. The Kier molecular flexibility index (Phi) is 11.5. The standard InChI is InChI=1S/C29H33F2N5O4S/c30-21-6-7-22-23-16-26(34-17-24(23)31)35-27-13-20(14-29(36-27)40-11-4-10-39-25(22)15-21)18-41-12-9-33-28(38)5-2-1-3-8-32-19-37/h6-7,13-17,19H,1-5,8-12,18H2,(H,32,37)(H,33,38)(H,34,35,36). The Hall–Kier alpha value is -3.93. The Balaban J connectivity index is 1.36. The first-order chi connectivity index (χ1) is 20.0. The number of pyridine rings is 2. The molecule has 0 atom stereocenters. The lowest BCUT2D eigenvalue weighted by Gasteiger charge is -2.16. The number of rotatable bonds is 12. The third-order valence-electron chi connectivity index (χ3n) is 6.15. The minimum atomic E-state index is -0.555. The zero-order chi connectivity index (χ0) is 28.9. The van der Waals surface area contributed by atoms with Crippen LogP contribution >= 0.6 is 11.8 Å². The van der Waals surface area contributed by atoms with Crippen molar-refractivity contribution in [2.24, 2.45) is 0 Å². The van der Waals surface area contributed by atoms with Crippen LogP contribution in [0.1, 0.15) is 37.7 Å². The Bertz CT molecular complexity index is 1330. The summed E-state index contributed by atoms with van der Waals surface area (Å²) in [4.78, 5) is 30.9. The van der Waals surface area contributed by atoms with Crippen molar-refractivity contribution in [1.29, 1.82) is 0 Å². The molecule has 2 aromatic heterocycles. The van der Waals surface area contributed by atoms with Crippen LogP contribution in [0, 0.1) is 11.6 Å². The van der Waals surface area contributed by atoms with Crippen molar-refractivity contribution in [2.45, 2.75) is 37.9 Å². The van der Waals surface area contributed by atoms with E-state index in [-0.39, 0.29) is 23.8 Å². The molecule has 218 valence electrons. The molecule has 1 aromatic carbocycles. The van der Waals surface area contributed by atoms with Crippen LogP contribution < -0.4 is 25.4 Å². The molecule has 1 aliphatic heterocycles. The van der Waals surface area contributed by atoms with Gasteiger partial charge in [-0.05, 0) is 42.7 Å². The Morgan fingerprint density at radius 1 is 1.02 bits per heavy atom. The van der Waals surface area contributed by atoms with E-state index >= 15 is 0 Å². The fourth-order valence-corrected chi connectivity index (χ4v) is 4.96. The predicted octanol–water partition coefficient (Wildman–Crippen LogP) is 4.98. The number of fused-ring (bicyclic) bond motifs is 6. The van der Waals surface area contributed by atoms with Gasteiger partial charge in [-0.25, -0.2) is 13.8 Å². The van der Waals surface area contributed by atoms with Crippen LogP contribution in [0.2, 0.25) is 0 Å². The van der Waals surface area contributed by atoms with E-state index in [9.17, 15) is 18.4 Å². The molecule has 0 spiro atoms. The van der Waals surface area contributed by atoms with Gasteiger partial charge in [0.1, 0.15) is 29.0 Å². The smallest absolute Gasteiger partial charge is 0.220 e. The number of unbranched alkanes of at least 4 members (excludes halogenated alkanes) is 2. The molecule has 0 aliphatic carbocycles. The second-order valence-corrected chi connectivity index (χ2v) is 10.5. The van der Waals surface area contributed by atoms with Gasteiger partial charge in [0.25, 0.3) is 0 Å². The van der Waals surface area contributed by atoms with Crippen LogP contribution in [0.3, 0.4) is 0 Å². The Morgan fingerprint density at radius 3 is 2.78 bits per heavy atom. The summed E-state index contributed by atoms with van der Waals surface area (Å²) < 4.78 is 40.4. The van der Waals surface area contributed by atoms with Crippen LogP contribution in [-0.4, -0.2) is 54.3 Å². The molecule has 3 aromatic rings. The molecule has 0 saturated heterocycles. The van der Waals surface area contributed by atoms with Crippen molar-refractivity contribution in [2.75, 3.05) is 37.4 Å². The summed E-state index contributed by atoms with van der Waals surface area (Å²) in [5.41, 5.74) is 1.61. The van der Waals surface area contributed by atoms with Gasteiger partial charge in [0.05, 0.1) is 19.4 Å². The molecule has 41 heavy (non-hydrogen) atoms. The number of benzene rings is 1. The summed E-state index contributed by atoms with van der Waals surface area (Å²) in [5.74, 6) is 1.91. The molecule has 0 fully saturated rings. The zero-order valence-electron chi connectivity index (χ0n) is 22.6. The van der Waals surface area contributed by atoms with Gasteiger partial charge in [-0.2, -0.15) is 16.7 Å². The van der Waals surface area contributed by atoms with E-state index in [2.05, 4.69) is 25.9 Å². The van der Waals surface area contributed by atoms with Gasteiger partial charge in [-0.15, -0.1) is 0 Å². The molecule has 4 rings (SSSR count). The lowest BCUT2D eigenvalue weighted by molar-refractivity contribution is -0.121. The van der Waals surface area contributed by atoms with Gasteiger partial charge in [0, 0.05) is 60.7 Å². The van der Waals surface area contributed by atoms with Gasteiger partial charge in [0.15, 0.2) is 0 Å². The number of nitrogens with one attached hydrogen (secondary N) is 3. The highest BCUT2D eigenvalue weighted by atomic mass is 32.2. The molecule has 0 unspecified atom stereocenters. The summed E-state index contributed by atoms with van der Waals surface area (Å²) in [6.45, 7) is 1.77. The average Bonchev–Trinajstić information content (AvgIpc) is 2.95. The molecule has 3 heterocycles. The molecule has 3 N–H and O–H groups in total. The van der Waals surface area contributed by atoms with E-state index in [4.69, 9.17) is 9.47 Å². The molecule has 0 saturated carbocycles. The van der Waals surface area contributed by atoms with Gasteiger partial charge in [-0.1, -0.05) is 6.42 Å². The summed E-state index contributed by atoms with van der Waals surface area (Å²) >= 11 is 1.67. The van der Waals surface area contributed by atoms with Crippen LogP contribution in [-0.2, 0) is 15.3 Å². The number of nitrogens with zero attached hydrogens (tertiary/aromatic N) is 2. The fraction of sp³-hybridized carbons (Fsp3) is 0.379. The SMILES string of the molecule is O=CNCCCCCC(=O)NCCSCc1cc2nc(c1)OCCCOc1cc(F)ccc1-c1cc(ncc1F)N2. The topological polar surface area (TPSA) is 114 Å². The van der Waals surface area contributed by atoms with E-state index in [1.165, 1.54) is 24.3 Å². The molecule has 4 bridgehead atoms. The minimum Gasteiger partial charge on any atom is -0.493 e. The quantitative estimate of drug-likeness (QED) is 0.201. The summed E-state index contributed by atoms with van der Waals surface area (Å²) in [5, 5.41) is 8.68. The van der Waals surface area contributed by atoms with E-state index in [0.717, 1.165) is 36.8 Å². The lowest BCUT2D eigenvalue weighted by Crippen LogP contribution is -2.25. The molecule has 1 aliphatic rings. The number of hydrogen-bond donors (Lipinski definition) is 3. The average molecular weight is 586 g/mol. The fourth-order valence-electron chi connectivity index (χ4n) is 4.17. The van der Waals surface area contributed by atoms with E-state index in [0.29, 0.717) is 67.8 Å². The second kappa shape index (κ2) is 15.8. The number of carbonyl (C=O) groups excluding carboxylic acids is 2. The van der Waals surface area contributed by atoms with Gasteiger partial charge < -0.3 is 25.4 Å². The molecular weight excluding hydrogens is 552 g/mol. The number of anilines is 2. The van der Waals surface area contributed by atoms with E-state index < -0.39 is 11.6 Å². The van der Waals surface area contributed by atoms with Crippen molar-refractivity contribution in [1.82, 2.24) is 20.6 Å².